The van der Waals surface area contributed by atoms with Crippen LogP contribution in [0.3, 0.4) is 0 Å². The van der Waals surface area contributed by atoms with Gasteiger partial charge in [-0.05, 0) is 31.5 Å². The van der Waals surface area contributed by atoms with Gasteiger partial charge in [-0.3, -0.25) is 0 Å². The van der Waals surface area contributed by atoms with E-state index in [0.717, 1.165) is 34.7 Å². The number of benzene rings is 1. The minimum Gasteiger partial charge on any atom is -0.493 e. The summed E-state index contributed by atoms with van der Waals surface area (Å²) < 4.78 is 6.84. The van der Waals surface area contributed by atoms with E-state index in [1.807, 2.05) is 18.3 Å². The summed E-state index contributed by atoms with van der Waals surface area (Å²) in [5.74, 6) is 0.988. The van der Waals surface area contributed by atoms with E-state index in [0.29, 0.717) is 6.04 Å². The first-order chi connectivity index (χ1) is 10.2. The summed E-state index contributed by atoms with van der Waals surface area (Å²) >= 11 is 5.35. The number of hydrogen-bond donors (Lipinski definition) is 1. The third-order valence-corrected chi connectivity index (χ3v) is 5.57. The fourth-order valence-electron chi connectivity index (χ4n) is 2.60. The second-order valence-corrected chi connectivity index (χ2v) is 7.34. The van der Waals surface area contributed by atoms with Crippen molar-refractivity contribution in [2.24, 2.45) is 0 Å². The van der Waals surface area contributed by atoms with Crippen molar-refractivity contribution in [2.75, 3.05) is 6.61 Å². The van der Waals surface area contributed by atoms with Crippen molar-refractivity contribution < 1.29 is 4.74 Å². The summed E-state index contributed by atoms with van der Waals surface area (Å²) in [5.41, 5.74) is 1.23. The van der Waals surface area contributed by atoms with E-state index in [9.17, 15) is 0 Å². The number of rotatable bonds is 4. The average Bonchev–Trinajstić information content (AvgIpc) is 2.97. The number of halogens is 1. The first-order valence-corrected chi connectivity index (χ1v) is 8.91. The Morgan fingerprint density at radius 1 is 1.52 bits per heavy atom. The van der Waals surface area contributed by atoms with Crippen molar-refractivity contribution >= 4 is 27.3 Å². The molecule has 0 saturated heterocycles. The highest BCUT2D eigenvalue weighted by Crippen LogP contribution is 2.35. The van der Waals surface area contributed by atoms with Crippen molar-refractivity contribution in [2.45, 2.75) is 38.8 Å². The summed E-state index contributed by atoms with van der Waals surface area (Å²) in [6, 6.07) is 6.79. The van der Waals surface area contributed by atoms with E-state index >= 15 is 0 Å². The third-order valence-electron chi connectivity index (χ3n) is 3.75. The first kappa shape index (κ1) is 15.0. The Morgan fingerprint density at radius 2 is 2.38 bits per heavy atom. The molecule has 0 bridgehead atoms. The number of ether oxygens (including phenoxy) is 1. The monoisotopic (exact) mass is 366 g/mol. The Kier molecular flexibility index (Phi) is 4.62. The fourth-order valence-corrected chi connectivity index (χ4v) is 3.85. The highest BCUT2D eigenvalue weighted by molar-refractivity contribution is 9.10. The summed E-state index contributed by atoms with van der Waals surface area (Å²) in [6.07, 6.45) is 4.03. The Bertz CT molecular complexity index is 628. The molecule has 0 amide bonds. The number of thiazole rings is 1. The lowest BCUT2D eigenvalue weighted by Crippen LogP contribution is -2.29. The van der Waals surface area contributed by atoms with Crippen LogP contribution in [0.15, 0.2) is 28.9 Å². The number of aromatic nitrogens is 1. The largest absolute Gasteiger partial charge is 0.493 e. The van der Waals surface area contributed by atoms with Gasteiger partial charge >= 0.3 is 0 Å². The van der Waals surface area contributed by atoms with E-state index in [1.54, 1.807) is 11.3 Å². The smallest absolute Gasteiger partial charge is 0.124 e. The van der Waals surface area contributed by atoms with Gasteiger partial charge < -0.3 is 10.1 Å². The Hall–Kier alpha value is -0.910. The Morgan fingerprint density at radius 3 is 3.14 bits per heavy atom. The minimum atomic E-state index is 0.255. The molecule has 2 unspecified atom stereocenters. The number of nitrogens with zero attached hydrogens (tertiary/aromatic N) is 1. The predicted octanol–water partition coefficient (Wildman–Crippen LogP) is 4.64. The van der Waals surface area contributed by atoms with Crippen LogP contribution < -0.4 is 10.1 Å². The Balaban J connectivity index is 1.78. The zero-order valence-electron chi connectivity index (χ0n) is 12.2. The van der Waals surface area contributed by atoms with E-state index in [-0.39, 0.29) is 6.04 Å². The van der Waals surface area contributed by atoms with Gasteiger partial charge in [0.15, 0.2) is 0 Å². The maximum atomic E-state index is 5.74. The molecule has 3 nitrogen and oxygen atoms in total. The van der Waals surface area contributed by atoms with Crippen molar-refractivity contribution in [3.63, 3.8) is 0 Å². The number of fused-ring (bicyclic) bond motifs is 1. The molecule has 0 spiro atoms. The van der Waals surface area contributed by atoms with Crippen molar-refractivity contribution in [3.8, 4) is 5.75 Å². The normalized spacial score (nSPS) is 18.9. The molecule has 1 aliphatic heterocycles. The van der Waals surface area contributed by atoms with Crippen LogP contribution in [0.4, 0.5) is 0 Å². The zero-order valence-corrected chi connectivity index (χ0v) is 14.6. The van der Waals surface area contributed by atoms with Crippen LogP contribution in [0.25, 0.3) is 0 Å². The van der Waals surface area contributed by atoms with Crippen LogP contribution in [-0.4, -0.2) is 11.6 Å². The van der Waals surface area contributed by atoms with Crippen LogP contribution >= 0.6 is 27.3 Å². The van der Waals surface area contributed by atoms with Gasteiger partial charge in [0.1, 0.15) is 10.8 Å². The first-order valence-electron chi connectivity index (χ1n) is 7.30. The average molecular weight is 367 g/mol. The molecule has 0 saturated carbocycles. The number of nitrogens with one attached hydrogen (secondary N) is 1. The molecule has 1 aliphatic rings. The van der Waals surface area contributed by atoms with Gasteiger partial charge in [0, 0.05) is 33.6 Å². The fraction of sp³-hybridized carbons (Fsp3) is 0.438. The molecule has 0 radical (unpaired) electrons. The van der Waals surface area contributed by atoms with Gasteiger partial charge in [-0.2, -0.15) is 0 Å². The molecule has 21 heavy (non-hydrogen) atoms. The van der Waals surface area contributed by atoms with E-state index in [2.05, 4.69) is 46.1 Å². The van der Waals surface area contributed by atoms with Gasteiger partial charge in [0.25, 0.3) is 0 Å². The van der Waals surface area contributed by atoms with E-state index in [4.69, 9.17) is 4.74 Å². The summed E-state index contributed by atoms with van der Waals surface area (Å²) in [7, 11) is 0. The highest BCUT2D eigenvalue weighted by atomic mass is 79.9. The highest BCUT2D eigenvalue weighted by Gasteiger charge is 2.24. The molecule has 0 fully saturated rings. The van der Waals surface area contributed by atoms with Crippen molar-refractivity contribution in [3.05, 3.63) is 44.3 Å². The van der Waals surface area contributed by atoms with Gasteiger partial charge in [-0.1, -0.05) is 22.9 Å². The van der Waals surface area contributed by atoms with Gasteiger partial charge in [0.05, 0.1) is 12.6 Å². The molecule has 1 N–H and O–H groups in total. The molecule has 5 heteroatoms. The van der Waals surface area contributed by atoms with Crippen LogP contribution in [0.2, 0.25) is 0 Å². The van der Waals surface area contributed by atoms with Crippen LogP contribution in [0, 0.1) is 0 Å². The summed E-state index contributed by atoms with van der Waals surface area (Å²) in [6.45, 7) is 5.12. The lowest BCUT2D eigenvalue weighted by atomic mass is 10.00. The predicted molar refractivity (Wildman–Crippen MR) is 90.0 cm³/mol. The third kappa shape index (κ3) is 3.30. The molecular formula is C16H19BrN2OS. The van der Waals surface area contributed by atoms with E-state index in [1.165, 1.54) is 10.4 Å². The quantitative estimate of drug-likeness (QED) is 0.855. The molecule has 1 aromatic heterocycles. The molecular weight excluding hydrogens is 348 g/mol. The second-order valence-electron chi connectivity index (χ2n) is 5.28. The molecule has 0 aliphatic carbocycles. The second kappa shape index (κ2) is 6.46. The molecule has 2 heterocycles. The molecule has 3 rings (SSSR count). The molecule has 1 aromatic carbocycles. The maximum Gasteiger partial charge on any atom is 0.124 e. The van der Waals surface area contributed by atoms with Crippen molar-refractivity contribution in [1.82, 2.24) is 10.3 Å². The zero-order chi connectivity index (χ0) is 14.8. The van der Waals surface area contributed by atoms with Crippen LogP contribution in [-0.2, 0) is 6.42 Å². The van der Waals surface area contributed by atoms with Crippen LogP contribution in [0.1, 0.15) is 47.8 Å². The SMILES string of the molecule is CCc1cnc(C(C)NC2CCOc3ccc(Br)cc32)s1. The van der Waals surface area contributed by atoms with Gasteiger partial charge in [-0.15, -0.1) is 11.3 Å². The molecule has 2 atom stereocenters. The van der Waals surface area contributed by atoms with E-state index < -0.39 is 0 Å². The molecule has 112 valence electrons. The topological polar surface area (TPSA) is 34.2 Å². The van der Waals surface area contributed by atoms with Crippen molar-refractivity contribution in [1.29, 1.82) is 0 Å². The standard InChI is InChI=1S/C16H19BrN2OS/c1-3-12-9-18-16(21-12)10(2)19-14-6-7-20-15-5-4-11(17)8-13(14)15/h4-5,8-10,14,19H,3,6-7H2,1-2H3. The summed E-state index contributed by atoms with van der Waals surface area (Å²) in [5, 5.41) is 4.86. The number of aryl methyl sites for hydroxylation is 1. The van der Waals surface area contributed by atoms with Crippen LogP contribution in [0.5, 0.6) is 5.75 Å². The lowest BCUT2D eigenvalue weighted by Gasteiger charge is -2.29. The maximum absolute atomic E-state index is 5.74. The number of hydrogen-bond acceptors (Lipinski definition) is 4. The summed E-state index contributed by atoms with van der Waals surface area (Å²) in [4.78, 5) is 5.88. The minimum absolute atomic E-state index is 0.255. The lowest BCUT2D eigenvalue weighted by molar-refractivity contribution is 0.246. The molecule has 2 aromatic rings. The van der Waals surface area contributed by atoms with Gasteiger partial charge in [-0.25, -0.2) is 4.98 Å². The Labute approximate surface area is 137 Å². The van der Waals surface area contributed by atoms with Gasteiger partial charge in [0.2, 0.25) is 0 Å².